The van der Waals surface area contributed by atoms with E-state index < -0.39 is 53.2 Å². The average Bonchev–Trinajstić information content (AvgIpc) is 3.06. The molecule has 0 saturated carbocycles. The van der Waals surface area contributed by atoms with Crippen LogP contribution >= 0.6 is 11.3 Å². The first-order valence-electron chi connectivity index (χ1n) is 8.17. The van der Waals surface area contributed by atoms with E-state index in [0.717, 1.165) is 28.4 Å². The van der Waals surface area contributed by atoms with Crippen molar-refractivity contribution in [1.82, 2.24) is 4.98 Å². The molecule has 0 bridgehead atoms. The van der Waals surface area contributed by atoms with Gasteiger partial charge in [0, 0.05) is 0 Å². The van der Waals surface area contributed by atoms with Gasteiger partial charge in [0.1, 0.15) is 10.5 Å². The molecule has 0 saturated heterocycles. The molecule has 0 spiro atoms. The summed E-state index contributed by atoms with van der Waals surface area (Å²) < 4.78 is 60.3. The van der Waals surface area contributed by atoms with E-state index in [0.29, 0.717) is 0 Å². The molecule has 150 valence electrons. The number of rotatable bonds is 4. The van der Waals surface area contributed by atoms with Crippen LogP contribution in [0, 0.1) is 23.3 Å². The van der Waals surface area contributed by atoms with Crippen LogP contribution in [-0.4, -0.2) is 28.1 Å². The van der Waals surface area contributed by atoms with Gasteiger partial charge in [0.25, 0.3) is 5.91 Å². The smallest absolute Gasteiger partial charge is 0.307 e. The highest BCUT2D eigenvalue weighted by atomic mass is 32.1. The van der Waals surface area contributed by atoms with Crippen molar-refractivity contribution in [2.24, 2.45) is 0 Å². The number of hydrogen-bond donors (Lipinski definition) is 1. The fraction of sp³-hybridized carbons (Fsp3) is 0.167. The second kappa shape index (κ2) is 6.99. The fourth-order valence-corrected chi connectivity index (χ4v) is 3.96. The fourth-order valence-electron chi connectivity index (χ4n) is 2.99. The van der Waals surface area contributed by atoms with E-state index in [9.17, 15) is 27.2 Å². The van der Waals surface area contributed by atoms with Crippen molar-refractivity contribution < 1.29 is 37.0 Å². The van der Waals surface area contributed by atoms with Gasteiger partial charge in [-0.3, -0.25) is 14.5 Å². The summed E-state index contributed by atoms with van der Waals surface area (Å²) in [6, 6.07) is 4.60. The highest BCUT2D eigenvalue weighted by Gasteiger charge is 2.37. The number of benzene rings is 2. The van der Waals surface area contributed by atoms with Gasteiger partial charge in [0.05, 0.1) is 23.4 Å². The van der Waals surface area contributed by atoms with Crippen molar-refractivity contribution in [2.45, 2.75) is 19.1 Å². The molecule has 2 aromatic carbocycles. The minimum atomic E-state index is -1.66. The van der Waals surface area contributed by atoms with E-state index in [1.807, 2.05) is 0 Å². The van der Waals surface area contributed by atoms with Gasteiger partial charge in [-0.2, -0.15) is 0 Å². The van der Waals surface area contributed by atoms with E-state index in [-0.39, 0.29) is 27.7 Å². The van der Waals surface area contributed by atoms with Gasteiger partial charge in [0.15, 0.2) is 35.1 Å². The number of carboxylic acid groups (broad SMARTS) is 1. The van der Waals surface area contributed by atoms with Gasteiger partial charge < -0.3 is 9.84 Å². The second-order valence-corrected chi connectivity index (χ2v) is 7.27. The van der Waals surface area contributed by atoms with Crippen molar-refractivity contribution >= 4 is 39.1 Å². The Morgan fingerprint density at radius 1 is 1.21 bits per heavy atom. The van der Waals surface area contributed by atoms with E-state index in [2.05, 4.69) is 4.98 Å². The standard InChI is InChI=1S/C18H10F4N2O4S/c19-7-2-1-3-9-17(7)28-10(5-13(25)26)18(27)24(9)6-12-23-16-11(29-12)4-8(20)14(21)15(16)22/h1-4,10H,5-6H2,(H,25,26). The SMILES string of the molecule is O=C(O)CC1Oc2c(F)cccc2N(Cc2nc3c(F)c(F)c(F)cc3s2)C1=O. The maximum Gasteiger partial charge on any atom is 0.307 e. The lowest BCUT2D eigenvalue weighted by atomic mass is 10.1. The van der Waals surface area contributed by atoms with Gasteiger partial charge in [0.2, 0.25) is 0 Å². The highest BCUT2D eigenvalue weighted by Crippen LogP contribution is 2.38. The summed E-state index contributed by atoms with van der Waals surface area (Å²) in [5.41, 5.74) is -0.361. The summed E-state index contributed by atoms with van der Waals surface area (Å²) in [6.45, 7) is -0.295. The molecule has 6 nitrogen and oxygen atoms in total. The number of nitrogens with zero attached hydrogens (tertiary/aromatic N) is 2. The normalized spacial score (nSPS) is 16.1. The van der Waals surface area contributed by atoms with Gasteiger partial charge in [-0.25, -0.2) is 22.5 Å². The molecule has 29 heavy (non-hydrogen) atoms. The maximum absolute atomic E-state index is 14.2. The summed E-state index contributed by atoms with van der Waals surface area (Å²) in [5, 5.41) is 9.10. The number of ether oxygens (including phenoxy) is 1. The zero-order valence-corrected chi connectivity index (χ0v) is 15.1. The predicted octanol–water partition coefficient (Wildman–Crippen LogP) is 3.62. The molecular formula is C18H10F4N2O4S. The van der Waals surface area contributed by atoms with Gasteiger partial charge >= 0.3 is 5.97 Å². The minimum absolute atomic E-state index is 0.0265. The minimum Gasteiger partial charge on any atom is -0.481 e. The summed E-state index contributed by atoms with van der Waals surface area (Å²) in [7, 11) is 0. The Labute approximate surface area is 164 Å². The topological polar surface area (TPSA) is 79.7 Å². The third kappa shape index (κ3) is 3.27. The van der Waals surface area contributed by atoms with Crippen molar-refractivity contribution in [1.29, 1.82) is 0 Å². The molecule has 11 heteroatoms. The van der Waals surface area contributed by atoms with Crippen molar-refractivity contribution in [3.63, 3.8) is 0 Å². The number of thiazole rings is 1. The van der Waals surface area contributed by atoms with Crippen LogP contribution in [0.3, 0.4) is 0 Å². The van der Waals surface area contributed by atoms with Crippen LogP contribution in [0.1, 0.15) is 11.4 Å². The van der Waals surface area contributed by atoms with Crippen LogP contribution < -0.4 is 9.64 Å². The van der Waals surface area contributed by atoms with Crippen LogP contribution in [0.4, 0.5) is 23.2 Å². The number of halogens is 4. The Morgan fingerprint density at radius 2 is 1.97 bits per heavy atom. The van der Waals surface area contributed by atoms with E-state index in [1.165, 1.54) is 12.1 Å². The third-order valence-corrected chi connectivity index (χ3v) is 5.24. The molecule has 1 amide bonds. The lowest BCUT2D eigenvalue weighted by molar-refractivity contribution is -0.142. The number of amides is 1. The number of carboxylic acids is 1. The lowest BCUT2D eigenvalue weighted by Crippen LogP contribution is -2.46. The third-order valence-electron chi connectivity index (χ3n) is 4.26. The zero-order valence-electron chi connectivity index (χ0n) is 14.3. The van der Waals surface area contributed by atoms with Gasteiger partial charge in [-0.15, -0.1) is 11.3 Å². The van der Waals surface area contributed by atoms with E-state index in [1.54, 1.807) is 0 Å². The molecule has 2 heterocycles. The van der Waals surface area contributed by atoms with Crippen LogP contribution in [0.2, 0.25) is 0 Å². The number of para-hydroxylation sites is 1. The Morgan fingerprint density at radius 3 is 2.69 bits per heavy atom. The average molecular weight is 426 g/mol. The van der Waals surface area contributed by atoms with Crippen LogP contribution in [0.5, 0.6) is 5.75 Å². The lowest BCUT2D eigenvalue weighted by Gasteiger charge is -2.33. The number of aromatic nitrogens is 1. The first-order valence-corrected chi connectivity index (χ1v) is 8.99. The van der Waals surface area contributed by atoms with Crippen molar-refractivity contribution in [3.05, 3.63) is 52.5 Å². The molecule has 1 N–H and O–H groups in total. The van der Waals surface area contributed by atoms with Crippen molar-refractivity contribution in [2.75, 3.05) is 4.90 Å². The molecule has 1 aliphatic rings. The maximum atomic E-state index is 14.2. The Hall–Kier alpha value is -3.21. The Balaban J connectivity index is 1.76. The molecule has 0 radical (unpaired) electrons. The van der Waals surface area contributed by atoms with E-state index >= 15 is 0 Å². The van der Waals surface area contributed by atoms with Crippen molar-refractivity contribution in [3.8, 4) is 5.75 Å². The highest BCUT2D eigenvalue weighted by molar-refractivity contribution is 7.18. The van der Waals surface area contributed by atoms with Gasteiger partial charge in [-0.05, 0) is 18.2 Å². The van der Waals surface area contributed by atoms with Crippen LogP contribution in [0.15, 0.2) is 24.3 Å². The molecule has 0 aliphatic carbocycles. The van der Waals surface area contributed by atoms with E-state index in [4.69, 9.17) is 9.84 Å². The molecule has 3 aromatic rings. The summed E-state index contributed by atoms with van der Waals surface area (Å²) in [6.07, 6.45) is -2.17. The summed E-state index contributed by atoms with van der Waals surface area (Å²) >= 11 is 0.821. The van der Waals surface area contributed by atoms with Crippen LogP contribution in [0.25, 0.3) is 10.2 Å². The van der Waals surface area contributed by atoms with Crippen LogP contribution in [-0.2, 0) is 16.1 Å². The predicted molar refractivity (Wildman–Crippen MR) is 93.8 cm³/mol. The largest absolute Gasteiger partial charge is 0.481 e. The molecule has 1 aromatic heterocycles. The first kappa shape index (κ1) is 19.1. The summed E-state index contributed by atoms with van der Waals surface area (Å²) in [5.74, 6) is -7.67. The Bertz CT molecular complexity index is 1170. The first-order chi connectivity index (χ1) is 13.8. The number of carbonyl (C=O) groups is 2. The molecular weight excluding hydrogens is 416 g/mol. The number of anilines is 1. The molecule has 0 fully saturated rings. The number of carbonyl (C=O) groups excluding carboxylic acids is 1. The number of hydrogen-bond acceptors (Lipinski definition) is 5. The number of fused-ring (bicyclic) bond motifs is 2. The second-order valence-electron chi connectivity index (χ2n) is 6.16. The molecule has 1 aliphatic heterocycles. The number of aliphatic carboxylic acids is 1. The summed E-state index contributed by atoms with van der Waals surface area (Å²) in [4.78, 5) is 28.7. The molecule has 4 rings (SSSR count). The monoisotopic (exact) mass is 426 g/mol. The quantitative estimate of drug-likeness (QED) is 0.509. The Kier molecular flexibility index (Phi) is 4.61. The van der Waals surface area contributed by atoms with Gasteiger partial charge in [-0.1, -0.05) is 6.07 Å². The zero-order chi connectivity index (χ0) is 20.9. The molecule has 1 atom stereocenters. The molecule has 1 unspecified atom stereocenters.